The summed E-state index contributed by atoms with van der Waals surface area (Å²) < 4.78 is 5.40. The molecule has 2 fully saturated rings. The van der Waals surface area contributed by atoms with Crippen LogP contribution in [0.1, 0.15) is 19.3 Å². The number of ether oxygens (including phenoxy) is 1. The average Bonchev–Trinajstić information content (AvgIpc) is 2.77. The van der Waals surface area contributed by atoms with Crippen molar-refractivity contribution in [2.75, 3.05) is 47.4 Å². The van der Waals surface area contributed by atoms with Gasteiger partial charge < -0.3 is 19.9 Å². The maximum atomic E-state index is 5.40. The van der Waals surface area contributed by atoms with E-state index >= 15 is 0 Å². The van der Waals surface area contributed by atoms with Crippen molar-refractivity contribution in [1.82, 2.24) is 15.1 Å². The first-order valence-corrected chi connectivity index (χ1v) is 6.84. The third kappa shape index (κ3) is 3.65. The number of piperidine rings is 1. The molecule has 0 aromatic rings. The lowest BCUT2D eigenvalue weighted by Gasteiger charge is -2.37. The van der Waals surface area contributed by atoms with E-state index < -0.39 is 0 Å². The van der Waals surface area contributed by atoms with Gasteiger partial charge in [-0.3, -0.25) is 0 Å². The van der Waals surface area contributed by atoms with E-state index in [1.807, 2.05) is 7.11 Å². The molecule has 100 valence electrons. The van der Waals surface area contributed by atoms with E-state index in [2.05, 4.69) is 29.2 Å². The Labute approximate surface area is 105 Å². The minimum absolute atomic E-state index is 0.425. The molecule has 0 spiro atoms. The summed E-state index contributed by atoms with van der Waals surface area (Å²) in [5.74, 6) is 0. The molecule has 2 heterocycles. The molecule has 2 aliphatic heterocycles. The van der Waals surface area contributed by atoms with E-state index in [1.165, 1.54) is 38.9 Å². The maximum absolute atomic E-state index is 5.40. The molecule has 2 saturated heterocycles. The van der Waals surface area contributed by atoms with E-state index in [0.717, 1.165) is 12.6 Å². The molecule has 4 heteroatoms. The number of likely N-dealkylation sites (N-methyl/N-ethyl adjacent to an activating group) is 1. The van der Waals surface area contributed by atoms with Gasteiger partial charge in [-0.2, -0.15) is 0 Å². The van der Waals surface area contributed by atoms with Gasteiger partial charge in [0.1, 0.15) is 0 Å². The third-order valence-corrected chi connectivity index (χ3v) is 4.20. The molecule has 0 radical (unpaired) electrons. The monoisotopic (exact) mass is 241 g/mol. The van der Waals surface area contributed by atoms with E-state index in [1.54, 1.807) is 0 Å². The summed E-state index contributed by atoms with van der Waals surface area (Å²) in [7, 11) is 6.21. The summed E-state index contributed by atoms with van der Waals surface area (Å²) in [5, 5.41) is 3.57. The van der Waals surface area contributed by atoms with Gasteiger partial charge >= 0.3 is 0 Å². The molecule has 17 heavy (non-hydrogen) atoms. The molecule has 0 amide bonds. The van der Waals surface area contributed by atoms with Gasteiger partial charge in [-0.15, -0.1) is 0 Å². The standard InChI is InChI=1S/C13H27N3O/c1-15(2)12-5-4-6-16(10-12)9-11-7-13(17-3)8-14-11/h11-14H,4-10H2,1-3H3/t11-,12?,13-/m0/s1. The SMILES string of the molecule is CO[C@@H]1CN[C@H](CN2CCCC(N(C)C)C2)C1. The lowest BCUT2D eigenvalue weighted by molar-refractivity contribution is 0.107. The summed E-state index contributed by atoms with van der Waals surface area (Å²) in [6, 6.07) is 1.37. The van der Waals surface area contributed by atoms with Crippen LogP contribution in [0.25, 0.3) is 0 Å². The van der Waals surface area contributed by atoms with E-state index in [0.29, 0.717) is 12.1 Å². The summed E-state index contributed by atoms with van der Waals surface area (Å²) in [6.07, 6.45) is 4.28. The van der Waals surface area contributed by atoms with Crippen LogP contribution in [-0.2, 0) is 4.74 Å². The van der Waals surface area contributed by atoms with Gasteiger partial charge in [-0.25, -0.2) is 0 Å². The molecule has 4 nitrogen and oxygen atoms in total. The Morgan fingerprint density at radius 2 is 2.24 bits per heavy atom. The first-order chi connectivity index (χ1) is 8.19. The molecule has 1 unspecified atom stereocenters. The Morgan fingerprint density at radius 1 is 1.41 bits per heavy atom. The molecular formula is C13H27N3O. The van der Waals surface area contributed by atoms with Crippen LogP contribution < -0.4 is 5.32 Å². The minimum Gasteiger partial charge on any atom is -0.380 e. The highest BCUT2D eigenvalue weighted by Gasteiger charge is 2.28. The largest absolute Gasteiger partial charge is 0.380 e. The molecule has 1 N–H and O–H groups in total. The molecule has 0 bridgehead atoms. The summed E-state index contributed by atoms with van der Waals surface area (Å²) >= 11 is 0. The van der Waals surface area contributed by atoms with Gasteiger partial charge in [0.15, 0.2) is 0 Å². The number of nitrogens with zero attached hydrogens (tertiary/aromatic N) is 2. The fourth-order valence-corrected chi connectivity index (χ4v) is 3.03. The second-order valence-corrected chi connectivity index (χ2v) is 5.72. The molecule has 2 rings (SSSR count). The Kier molecular flexibility index (Phi) is 4.79. The van der Waals surface area contributed by atoms with Crippen LogP contribution in [0.2, 0.25) is 0 Å². The van der Waals surface area contributed by atoms with Crippen molar-refractivity contribution in [2.45, 2.75) is 37.5 Å². The van der Waals surface area contributed by atoms with Crippen molar-refractivity contribution < 1.29 is 4.74 Å². The van der Waals surface area contributed by atoms with Crippen molar-refractivity contribution in [1.29, 1.82) is 0 Å². The van der Waals surface area contributed by atoms with Gasteiger partial charge in [0.2, 0.25) is 0 Å². The molecule has 3 atom stereocenters. The van der Waals surface area contributed by atoms with E-state index in [9.17, 15) is 0 Å². The zero-order valence-corrected chi connectivity index (χ0v) is 11.5. The zero-order valence-electron chi connectivity index (χ0n) is 11.5. The van der Waals surface area contributed by atoms with Crippen molar-refractivity contribution in [2.24, 2.45) is 0 Å². The Balaban J connectivity index is 1.75. The molecule has 2 aliphatic rings. The first-order valence-electron chi connectivity index (χ1n) is 6.84. The lowest BCUT2D eigenvalue weighted by atomic mass is 10.0. The molecule has 0 aliphatic carbocycles. The van der Waals surface area contributed by atoms with Crippen molar-refractivity contribution in [3.05, 3.63) is 0 Å². The second kappa shape index (κ2) is 6.14. The van der Waals surface area contributed by atoms with Crippen LogP contribution in [0, 0.1) is 0 Å². The predicted molar refractivity (Wildman–Crippen MR) is 70.4 cm³/mol. The van der Waals surface area contributed by atoms with Crippen molar-refractivity contribution in [3.8, 4) is 0 Å². The molecule has 0 aromatic heterocycles. The predicted octanol–water partition coefficient (Wildman–Crippen LogP) is 0.389. The van der Waals surface area contributed by atoms with Crippen LogP contribution in [0.15, 0.2) is 0 Å². The third-order valence-electron chi connectivity index (χ3n) is 4.20. The topological polar surface area (TPSA) is 27.7 Å². The van der Waals surface area contributed by atoms with Gasteiger partial charge in [0.05, 0.1) is 6.10 Å². The number of methoxy groups -OCH3 is 1. The number of hydrogen-bond acceptors (Lipinski definition) is 4. The number of likely N-dealkylation sites (tertiary alicyclic amines) is 1. The van der Waals surface area contributed by atoms with Crippen LogP contribution in [0.4, 0.5) is 0 Å². The van der Waals surface area contributed by atoms with Crippen LogP contribution in [0.3, 0.4) is 0 Å². The van der Waals surface area contributed by atoms with Gasteiger partial charge in [-0.05, 0) is 39.9 Å². The zero-order chi connectivity index (χ0) is 12.3. The first kappa shape index (κ1) is 13.3. The quantitative estimate of drug-likeness (QED) is 0.770. The van der Waals surface area contributed by atoms with Gasteiger partial charge in [0.25, 0.3) is 0 Å². The van der Waals surface area contributed by atoms with E-state index in [-0.39, 0.29) is 0 Å². The smallest absolute Gasteiger partial charge is 0.0711 e. The van der Waals surface area contributed by atoms with Crippen molar-refractivity contribution >= 4 is 0 Å². The Hall–Kier alpha value is -0.160. The van der Waals surface area contributed by atoms with Crippen LogP contribution in [0.5, 0.6) is 0 Å². The minimum atomic E-state index is 0.425. The highest BCUT2D eigenvalue weighted by molar-refractivity contribution is 4.87. The Morgan fingerprint density at radius 3 is 2.88 bits per heavy atom. The average molecular weight is 241 g/mol. The molecule has 0 aromatic carbocycles. The van der Waals surface area contributed by atoms with E-state index in [4.69, 9.17) is 4.74 Å². The number of nitrogens with one attached hydrogen (secondary N) is 1. The fourth-order valence-electron chi connectivity index (χ4n) is 3.03. The molecular weight excluding hydrogens is 214 g/mol. The van der Waals surface area contributed by atoms with Crippen molar-refractivity contribution in [3.63, 3.8) is 0 Å². The summed E-state index contributed by atoms with van der Waals surface area (Å²) in [5.41, 5.74) is 0. The lowest BCUT2D eigenvalue weighted by Crippen LogP contribution is -2.48. The van der Waals surface area contributed by atoms with Gasteiger partial charge in [0, 0.05) is 38.8 Å². The maximum Gasteiger partial charge on any atom is 0.0711 e. The second-order valence-electron chi connectivity index (χ2n) is 5.72. The number of hydrogen-bond donors (Lipinski definition) is 1. The normalized spacial score (nSPS) is 35.6. The summed E-state index contributed by atoms with van der Waals surface area (Å²) in [4.78, 5) is 4.98. The fraction of sp³-hybridized carbons (Fsp3) is 1.00. The highest BCUT2D eigenvalue weighted by Crippen LogP contribution is 2.16. The Bertz CT molecular complexity index is 235. The number of rotatable bonds is 4. The molecule has 0 saturated carbocycles. The van der Waals surface area contributed by atoms with Gasteiger partial charge in [-0.1, -0.05) is 0 Å². The summed E-state index contributed by atoms with van der Waals surface area (Å²) in [6.45, 7) is 4.69. The van der Waals surface area contributed by atoms with Crippen LogP contribution >= 0.6 is 0 Å². The highest BCUT2D eigenvalue weighted by atomic mass is 16.5. The van der Waals surface area contributed by atoms with Crippen LogP contribution in [-0.4, -0.2) is 75.4 Å².